The van der Waals surface area contributed by atoms with E-state index in [4.69, 9.17) is 0 Å². The number of benzene rings is 1. The smallest absolute Gasteiger partial charge is 0.288 e. The minimum atomic E-state index is -0.745. The average Bonchev–Trinajstić information content (AvgIpc) is 2.91. The van der Waals surface area contributed by atoms with Crippen molar-refractivity contribution in [2.24, 2.45) is 7.05 Å². The largest absolute Gasteiger partial charge is 0.357 e. The molecule has 0 fully saturated rings. The standard InChI is InChI=1S/C14H16N4O2/c1-15-13(19)11(10-6-4-3-5-7-10)17-14(20)12-16-8-9-18(12)2/h3-9,11H,1-2H3,(H,15,19)(H,17,20). The third kappa shape index (κ3) is 2.85. The molecule has 20 heavy (non-hydrogen) atoms. The summed E-state index contributed by atoms with van der Waals surface area (Å²) in [5.74, 6) is -0.413. The third-order valence-electron chi connectivity index (χ3n) is 2.94. The Morgan fingerprint density at radius 1 is 1.25 bits per heavy atom. The summed E-state index contributed by atoms with van der Waals surface area (Å²) in [6.07, 6.45) is 3.21. The number of aromatic nitrogens is 2. The van der Waals surface area contributed by atoms with Gasteiger partial charge < -0.3 is 15.2 Å². The van der Waals surface area contributed by atoms with Gasteiger partial charge in [-0.05, 0) is 5.56 Å². The van der Waals surface area contributed by atoms with Crippen molar-refractivity contribution >= 4 is 11.8 Å². The predicted molar refractivity (Wildman–Crippen MR) is 73.9 cm³/mol. The summed E-state index contributed by atoms with van der Waals surface area (Å²) in [7, 11) is 3.25. The van der Waals surface area contributed by atoms with Crippen molar-refractivity contribution in [2.75, 3.05) is 7.05 Å². The van der Waals surface area contributed by atoms with Crippen LogP contribution in [-0.4, -0.2) is 28.4 Å². The molecule has 0 bridgehead atoms. The van der Waals surface area contributed by atoms with E-state index in [0.29, 0.717) is 0 Å². The zero-order valence-corrected chi connectivity index (χ0v) is 11.3. The van der Waals surface area contributed by atoms with Crippen LogP contribution in [0.25, 0.3) is 0 Å². The molecule has 1 atom stereocenters. The molecule has 0 spiro atoms. The SMILES string of the molecule is CNC(=O)C(NC(=O)c1nccn1C)c1ccccc1. The Labute approximate surface area is 116 Å². The lowest BCUT2D eigenvalue weighted by Crippen LogP contribution is -2.39. The zero-order chi connectivity index (χ0) is 14.5. The van der Waals surface area contributed by atoms with Crippen LogP contribution >= 0.6 is 0 Å². The van der Waals surface area contributed by atoms with E-state index in [9.17, 15) is 9.59 Å². The van der Waals surface area contributed by atoms with E-state index in [1.807, 2.05) is 18.2 Å². The van der Waals surface area contributed by atoms with Crippen LogP contribution in [0.2, 0.25) is 0 Å². The highest BCUT2D eigenvalue weighted by molar-refractivity contribution is 5.95. The maximum Gasteiger partial charge on any atom is 0.288 e. The number of carbonyl (C=O) groups is 2. The molecule has 0 saturated carbocycles. The first-order valence-corrected chi connectivity index (χ1v) is 6.18. The minimum Gasteiger partial charge on any atom is -0.357 e. The summed E-state index contributed by atoms with van der Waals surface area (Å²) in [4.78, 5) is 28.1. The molecule has 6 nitrogen and oxygen atoms in total. The molecule has 0 aliphatic rings. The van der Waals surface area contributed by atoms with Gasteiger partial charge in [0.2, 0.25) is 5.91 Å². The van der Waals surface area contributed by atoms with E-state index in [2.05, 4.69) is 15.6 Å². The van der Waals surface area contributed by atoms with Gasteiger partial charge in [0.15, 0.2) is 5.82 Å². The quantitative estimate of drug-likeness (QED) is 0.857. The number of carbonyl (C=O) groups excluding carboxylic acids is 2. The maximum absolute atomic E-state index is 12.2. The van der Waals surface area contributed by atoms with E-state index in [1.54, 1.807) is 29.9 Å². The van der Waals surface area contributed by atoms with Gasteiger partial charge in [0.25, 0.3) is 5.91 Å². The van der Waals surface area contributed by atoms with Crippen molar-refractivity contribution in [1.82, 2.24) is 20.2 Å². The molecule has 0 aliphatic heterocycles. The maximum atomic E-state index is 12.2. The van der Waals surface area contributed by atoms with Gasteiger partial charge in [-0.15, -0.1) is 0 Å². The van der Waals surface area contributed by atoms with Gasteiger partial charge in [-0.25, -0.2) is 4.98 Å². The molecule has 1 unspecified atom stereocenters. The van der Waals surface area contributed by atoms with E-state index in [0.717, 1.165) is 5.56 Å². The van der Waals surface area contributed by atoms with E-state index < -0.39 is 11.9 Å². The number of rotatable bonds is 4. The van der Waals surface area contributed by atoms with Crippen LogP contribution in [0, 0.1) is 0 Å². The summed E-state index contributed by atoms with van der Waals surface area (Å²) < 4.78 is 1.60. The first kappa shape index (κ1) is 13.8. The Morgan fingerprint density at radius 2 is 1.95 bits per heavy atom. The first-order valence-electron chi connectivity index (χ1n) is 6.18. The lowest BCUT2D eigenvalue weighted by atomic mass is 10.1. The van der Waals surface area contributed by atoms with E-state index >= 15 is 0 Å². The Bertz CT molecular complexity index is 607. The van der Waals surface area contributed by atoms with Gasteiger partial charge >= 0.3 is 0 Å². The van der Waals surface area contributed by atoms with Crippen LogP contribution in [0.4, 0.5) is 0 Å². The minimum absolute atomic E-state index is 0.259. The van der Waals surface area contributed by atoms with Gasteiger partial charge in [-0.2, -0.15) is 0 Å². The average molecular weight is 272 g/mol. The molecule has 2 N–H and O–H groups in total. The molecule has 1 heterocycles. The van der Waals surface area contributed by atoms with Crippen LogP contribution < -0.4 is 10.6 Å². The van der Waals surface area contributed by atoms with Crippen LogP contribution in [0.1, 0.15) is 22.2 Å². The van der Waals surface area contributed by atoms with Crippen molar-refractivity contribution in [3.8, 4) is 0 Å². The number of hydrogen-bond donors (Lipinski definition) is 2. The van der Waals surface area contributed by atoms with Crippen LogP contribution in [0.5, 0.6) is 0 Å². The highest BCUT2D eigenvalue weighted by atomic mass is 16.2. The monoisotopic (exact) mass is 272 g/mol. The number of amides is 2. The lowest BCUT2D eigenvalue weighted by molar-refractivity contribution is -0.122. The second kappa shape index (κ2) is 6.01. The van der Waals surface area contributed by atoms with Crippen molar-refractivity contribution in [3.05, 3.63) is 54.1 Å². The second-order valence-electron chi connectivity index (χ2n) is 4.29. The van der Waals surface area contributed by atoms with Gasteiger partial charge in [-0.1, -0.05) is 30.3 Å². The molecule has 0 saturated heterocycles. The molecule has 1 aromatic heterocycles. The topological polar surface area (TPSA) is 76.0 Å². The van der Waals surface area contributed by atoms with Crippen molar-refractivity contribution in [1.29, 1.82) is 0 Å². The fraction of sp³-hybridized carbons (Fsp3) is 0.214. The second-order valence-corrected chi connectivity index (χ2v) is 4.29. The summed E-state index contributed by atoms with van der Waals surface area (Å²) in [5, 5.41) is 5.24. The number of likely N-dealkylation sites (N-methyl/N-ethyl adjacent to an activating group) is 1. The van der Waals surface area contributed by atoms with Crippen molar-refractivity contribution in [3.63, 3.8) is 0 Å². The molecule has 6 heteroatoms. The van der Waals surface area contributed by atoms with Gasteiger partial charge in [-0.3, -0.25) is 9.59 Å². The normalized spacial score (nSPS) is 11.7. The molecule has 104 valence electrons. The summed E-state index contributed by atoms with van der Waals surface area (Å²) in [5.41, 5.74) is 0.717. The van der Waals surface area contributed by atoms with Crippen LogP contribution in [-0.2, 0) is 11.8 Å². The van der Waals surface area contributed by atoms with Gasteiger partial charge in [0, 0.05) is 26.5 Å². The van der Waals surface area contributed by atoms with Crippen LogP contribution in [0.15, 0.2) is 42.7 Å². The Balaban J connectivity index is 2.23. The highest BCUT2D eigenvalue weighted by Crippen LogP contribution is 2.13. The van der Waals surface area contributed by atoms with E-state index in [-0.39, 0.29) is 11.7 Å². The number of aryl methyl sites for hydroxylation is 1. The number of hydrogen-bond acceptors (Lipinski definition) is 3. The molecular weight excluding hydrogens is 256 g/mol. The van der Waals surface area contributed by atoms with Gasteiger partial charge in [0.05, 0.1) is 0 Å². The fourth-order valence-electron chi connectivity index (χ4n) is 1.87. The zero-order valence-electron chi connectivity index (χ0n) is 11.3. The van der Waals surface area contributed by atoms with Gasteiger partial charge in [0.1, 0.15) is 6.04 Å². The summed E-state index contributed by atoms with van der Waals surface area (Å²) >= 11 is 0. The molecule has 2 aromatic rings. The Morgan fingerprint density at radius 3 is 2.50 bits per heavy atom. The third-order valence-corrected chi connectivity index (χ3v) is 2.94. The predicted octanol–water partition coefficient (Wildman–Crippen LogP) is 0.637. The van der Waals surface area contributed by atoms with E-state index in [1.165, 1.54) is 13.2 Å². The highest BCUT2D eigenvalue weighted by Gasteiger charge is 2.23. The summed E-state index contributed by atoms with van der Waals surface area (Å²) in [6, 6.07) is 8.32. The number of nitrogens with one attached hydrogen (secondary N) is 2. The molecule has 0 radical (unpaired) electrons. The molecule has 2 amide bonds. The fourth-order valence-corrected chi connectivity index (χ4v) is 1.87. The van der Waals surface area contributed by atoms with Crippen molar-refractivity contribution in [2.45, 2.75) is 6.04 Å². The number of imidazole rings is 1. The molecule has 2 rings (SSSR count). The summed E-state index contributed by atoms with van der Waals surface area (Å²) in [6.45, 7) is 0. The number of nitrogens with zero attached hydrogens (tertiary/aromatic N) is 2. The van der Waals surface area contributed by atoms with Crippen LogP contribution in [0.3, 0.4) is 0 Å². The van der Waals surface area contributed by atoms with Crippen molar-refractivity contribution < 1.29 is 9.59 Å². The first-order chi connectivity index (χ1) is 9.63. The lowest BCUT2D eigenvalue weighted by Gasteiger charge is -2.17. The Hall–Kier alpha value is -2.63. The molecular formula is C14H16N4O2. The molecule has 1 aromatic carbocycles. The Kier molecular flexibility index (Phi) is 4.14. The molecule has 0 aliphatic carbocycles.